The predicted molar refractivity (Wildman–Crippen MR) is 67.7 cm³/mol. The van der Waals surface area contributed by atoms with E-state index in [2.05, 4.69) is 30.9 Å². The quantitative estimate of drug-likeness (QED) is 0.793. The molecule has 0 radical (unpaired) electrons. The molecule has 0 aliphatic carbocycles. The van der Waals surface area contributed by atoms with Gasteiger partial charge in [-0.15, -0.1) is 0 Å². The van der Waals surface area contributed by atoms with Gasteiger partial charge in [-0.3, -0.25) is 4.68 Å². The van der Waals surface area contributed by atoms with Crippen molar-refractivity contribution in [1.82, 2.24) is 14.8 Å². The molecule has 1 aromatic rings. The van der Waals surface area contributed by atoms with Gasteiger partial charge < -0.3 is 10.5 Å². The van der Waals surface area contributed by atoms with Gasteiger partial charge in [-0.25, -0.2) is 4.98 Å². The topological polar surface area (TPSA) is 66.0 Å². The first kappa shape index (κ1) is 14.1. The van der Waals surface area contributed by atoms with Gasteiger partial charge in [0.05, 0.1) is 6.04 Å². The van der Waals surface area contributed by atoms with Crippen LogP contribution in [-0.4, -0.2) is 28.5 Å². The Bertz CT molecular complexity index is 354. The Morgan fingerprint density at radius 3 is 2.53 bits per heavy atom. The summed E-state index contributed by atoms with van der Waals surface area (Å²) in [5.41, 5.74) is 6.07. The van der Waals surface area contributed by atoms with Crippen molar-refractivity contribution >= 4 is 0 Å². The predicted octanol–water partition coefficient (Wildman–Crippen LogP) is 1.54. The molecule has 1 atom stereocenters. The lowest BCUT2D eigenvalue weighted by Crippen LogP contribution is -2.16. The second-order valence-corrected chi connectivity index (χ2v) is 5.41. The fourth-order valence-electron chi connectivity index (χ4n) is 1.61. The summed E-state index contributed by atoms with van der Waals surface area (Å²) in [7, 11) is 3.60. The number of aromatic nitrogens is 3. The molecule has 1 heterocycles. The summed E-state index contributed by atoms with van der Waals surface area (Å²) in [5, 5.41) is 4.43. The van der Waals surface area contributed by atoms with Crippen LogP contribution in [0.1, 0.15) is 51.3 Å². The fraction of sp³-hybridized carbons (Fsp3) is 0.833. The molecule has 1 aromatic heterocycles. The minimum absolute atomic E-state index is 0.0394. The van der Waals surface area contributed by atoms with E-state index in [1.54, 1.807) is 11.8 Å². The molecule has 0 aromatic carbocycles. The summed E-state index contributed by atoms with van der Waals surface area (Å²) in [5.74, 6) is 1.70. The Morgan fingerprint density at radius 1 is 1.41 bits per heavy atom. The molecule has 1 rings (SSSR count). The van der Waals surface area contributed by atoms with Gasteiger partial charge in [0, 0.05) is 26.2 Å². The third-order valence-electron chi connectivity index (χ3n) is 2.66. The average molecular weight is 240 g/mol. The lowest BCUT2D eigenvalue weighted by molar-refractivity contribution is 0.190. The van der Waals surface area contributed by atoms with E-state index in [-0.39, 0.29) is 11.5 Å². The molecule has 0 spiro atoms. The summed E-state index contributed by atoms with van der Waals surface area (Å²) in [6.45, 7) is 7.03. The largest absolute Gasteiger partial charge is 0.385 e. The van der Waals surface area contributed by atoms with Crippen LogP contribution in [0.15, 0.2) is 0 Å². The van der Waals surface area contributed by atoms with Crippen molar-refractivity contribution in [2.45, 2.75) is 45.1 Å². The minimum Gasteiger partial charge on any atom is -0.385 e. The van der Waals surface area contributed by atoms with Crippen molar-refractivity contribution < 1.29 is 4.74 Å². The van der Waals surface area contributed by atoms with Gasteiger partial charge in [0.1, 0.15) is 5.82 Å². The Balaban J connectivity index is 2.74. The zero-order valence-corrected chi connectivity index (χ0v) is 11.5. The number of nitrogens with zero attached hydrogens (tertiary/aromatic N) is 3. The van der Waals surface area contributed by atoms with Gasteiger partial charge >= 0.3 is 0 Å². The molecule has 0 bridgehead atoms. The molecule has 17 heavy (non-hydrogen) atoms. The van der Waals surface area contributed by atoms with Crippen molar-refractivity contribution in [2.24, 2.45) is 12.8 Å². The first-order valence-electron chi connectivity index (χ1n) is 6.02. The Labute approximate surface area is 103 Å². The molecule has 1 unspecified atom stereocenters. The molecule has 2 N–H and O–H groups in total. The van der Waals surface area contributed by atoms with Crippen LogP contribution in [0.3, 0.4) is 0 Å². The van der Waals surface area contributed by atoms with Crippen molar-refractivity contribution in [3.05, 3.63) is 11.6 Å². The highest BCUT2D eigenvalue weighted by Crippen LogP contribution is 2.21. The zero-order chi connectivity index (χ0) is 13.1. The molecule has 98 valence electrons. The van der Waals surface area contributed by atoms with Crippen LogP contribution in [0.5, 0.6) is 0 Å². The smallest absolute Gasteiger partial charge is 0.156 e. The van der Waals surface area contributed by atoms with Crippen LogP contribution in [-0.2, 0) is 17.2 Å². The number of methoxy groups -OCH3 is 1. The normalized spacial score (nSPS) is 14.0. The number of ether oxygens (including phenoxy) is 1. The highest BCUT2D eigenvalue weighted by molar-refractivity contribution is 5.05. The minimum atomic E-state index is -0.0706. The van der Waals surface area contributed by atoms with Crippen LogP contribution >= 0.6 is 0 Å². The van der Waals surface area contributed by atoms with E-state index in [1.807, 2.05) is 7.05 Å². The maximum atomic E-state index is 6.11. The van der Waals surface area contributed by atoms with E-state index >= 15 is 0 Å². The molecule has 0 saturated heterocycles. The summed E-state index contributed by atoms with van der Waals surface area (Å²) in [6, 6.07) is -0.0706. The van der Waals surface area contributed by atoms with Crippen LogP contribution < -0.4 is 5.73 Å². The molecule has 0 aliphatic heterocycles. The molecule has 0 aliphatic rings. The van der Waals surface area contributed by atoms with Crippen LogP contribution in [0.2, 0.25) is 0 Å². The van der Waals surface area contributed by atoms with Gasteiger partial charge in [-0.1, -0.05) is 20.8 Å². The van der Waals surface area contributed by atoms with Crippen molar-refractivity contribution in [1.29, 1.82) is 0 Å². The Hall–Kier alpha value is -0.940. The number of rotatable bonds is 5. The van der Waals surface area contributed by atoms with Crippen LogP contribution in [0.25, 0.3) is 0 Å². The molecule has 0 saturated carbocycles. The van der Waals surface area contributed by atoms with Gasteiger partial charge in [0.2, 0.25) is 0 Å². The second kappa shape index (κ2) is 5.60. The van der Waals surface area contributed by atoms with Gasteiger partial charge in [0.15, 0.2) is 5.82 Å². The summed E-state index contributed by atoms with van der Waals surface area (Å²) < 4.78 is 6.81. The third kappa shape index (κ3) is 3.78. The van der Waals surface area contributed by atoms with E-state index in [0.717, 1.165) is 31.1 Å². The number of hydrogen-bond acceptors (Lipinski definition) is 4. The van der Waals surface area contributed by atoms with Crippen LogP contribution in [0, 0.1) is 0 Å². The second-order valence-electron chi connectivity index (χ2n) is 5.41. The summed E-state index contributed by atoms with van der Waals surface area (Å²) >= 11 is 0. The molecular formula is C12H24N4O. The number of nitrogens with two attached hydrogens (primary N) is 1. The summed E-state index contributed by atoms with van der Waals surface area (Å²) in [6.07, 6.45) is 1.80. The van der Waals surface area contributed by atoms with Crippen molar-refractivity contribution in [2.75, 3.05) is 13.7 Å². The fourth-order valence-corrected chi connectivity index (χ4v) is 1.61. The highest BCUT2D eigenvalue weighted by Gasteiger charge is 2.22. The Kier molecular flexibility index (Phi) is 4.65. The van der Waals surface area contributed by atoms with E-state index < -0.39 is 0 Å². The highest BCUT2D eigenvalue weighted by atomic mass is 16.5. The van der Waals surface area contributed by atoms with Gasteiger partial charge in [0.25, 0.3) is 0 Å². The SMILES string of the molecule is COCCCC(N)c1nc(C(C)(C)C)nn1C. The molecule has 0 amide bonds. The number of aryl methyl sites for hydroxylation is 1. The summed E-state index contributed by atoms with van der Waals surface area (Å²) in [4.78, 5) is 4.55. The molecule has 5 nitrogen and oxygen atoms in total. The maximum Gasteiger partial charge on any atom is 0.156 e. The lowest BCUT2D eigenvalue weighted by Gasteiger charge is -2.12. The Morgan fingerprint density at radius 2 is 2.06 bits per heavy atom. The van der Waals surface area contributed by atoms with Crippen LogP contribution in [0.4, 0.5) is 0 Å². The standard InChI is InChI=1S/C12H24N4O/c1-12(2,3)11-14-10(16(4)15-11)9(13)7-6-8-17-5/h9H,6-8,13H2,1-5H3. The third-order valence-corrected chi connectivity index (χ3v) is 2.66. The average Bonchev–Trinajstić information content (AvgIpc) is 2.60. The number of hydrogen-bond donors (Lipinski definition) is 1. The molecular weight excluding hydrogens is 216 g/mol. The van der Waals surface area contributed by atoms with E-state index in [9.17, 15) is 0 Å². The van der Waals surface area contributed by atoms with Crippen molar-refractivity contribution in [3.8, 4) is 0 Å². The monoisotopic (exact) mass is 240 g/mol. The van der Waals surface area contributed by atoms with Crippen molar-refractivity contribution in [3.63, 3.8) is 0 Å². The first-order valence-corrected chi connectivity index (χ1v) is 6.02. The van der Waals surface area contributed by atoms with Gasteiger partial charge in [-0.2, -0.15) is 5.10 Å². The first-order chi connectivity index (χ1) is 7.86. The van der Waals surface area contributed by atoms with E-state index in [1.165, 1.54) is 0 Å². The lowest BCUT2D eigenvalue weighted by atomic mass is 9.96. The van der Waals surface area contributed by atoms with E-state index in [4.69, 9.17) is 10.5 Å². The van der Waals surface area contributed by atoms with Gasteiger partial charge in [-0.05, 0) is 12.8 Å². The van der Waals surface area contributed by atoms with E-state index in [0.29, 0.717) is 0 Å². The maximum absolute atomic E-state index is 6.11. The molecule has 5 heteroatoms. The zero-order valence-electron chi connectivity index (χ0n) is 11.5. The molecule has 0 fully saturated rings.